The van der Waals surface area contributed by atoms with E-state index in [-0.39, 0.29) is 11.9 Å². The van der Waals surface area contributed by atoms with E-state index in [4.69, 9.17) is 4.74 Å². The summed E-state index contributed by atoms with van der Waals surface area (Å²) in [5, 5.41) is 13.2. The van der Waals surface area contributed by atoms with E-state index in [1.807, 2.05) is 13.8 Å². The number of aliphatic hydroxyl groups is 1. The van der Waals surface area contributed by atoms with E-state index in [1.165, 1.54) is 0 Å². The van der Waals surface area contributed by atoms with Gasteiger partial charge in [-0.25, -0.2) is 0 Å². The Morgan fingerprint density at radius 1 is 1.19 bits per heavy atom. The minimum atomic E-state index is -1.18. The summed E-state index contributed by atoms with van der Waals surface area (Å²) in [6.45, 7) is 13.4. The van der Waals surface area contributed by atoms with Gasteiger partial charge in [-0.3, -0.25) is 10.1 Å². The second kappa shape index (κ2) is 10.4. The van der Waals surface area contributed by atoms with Gasteiger partial charge in [0.1, 0.15) is 12.3 Å². The average molecular weight is 318 g/mol. The Kier molecular flexibility index (Phi) is 10.2. The number of hydrogen-bond acceptors (Lipinski definition) is 4. The highest BCUT2D eigenvalue weighted by Gasteiger charge is 2.24. The normalized spacial score (nSPS) is 16.3. The molecule has 0 spiro atoms. The standard InChI is InChI=1S/C16H35NO3Si/c1-7-9-13(3)15(18)17-14(10-8-2)16(19)20-11-12-21(4,5)6/h13-15,17-18H,7-12H2,1-6H3/t13-,14-,15+/m0/s1. The van der Waals surface area contributed by atoms with Gasteiger partial charge in [0.2, 0.25) is 0 Å². The highest BCUT2D eigenvalue weighted by molar-refractivity contribution is 6.76. The molecule has 0 heterocycles. The fourth-order valence-corrected chi connectivity index (χ4v) is 2.81. The number of ether oxygens (including phenoxy) is 1. The van der Waals surface area contributed by atoms with Crippen molar-refractivity contribution < 1.29 is 14.6 Å². The lowest BCUT2D eigenvalue weighted by Crippen LogP contribution is -2.47. The lowest BCUT2D eigenvalue weighted by atomic mass is 10.0. The Morgan fingerprint density at radius 3 is 2.24 bits per heavy atom. The van der Waals surface area contributed by atoms with Crippen molar-refractivity contribution in [2.75, 3.05) is 6.61 Å². The zero-order chi connectivity index (χ0) is 16.5. The van der Waals surface area contributed by atoms with E-state index < -0.39 is 20.3 Å². The van der Waals surface area contributed by atoms with Gasteiger partial charge in [-0.05, 0) is 24.8 Å². The fourth-order valence-electron chi connectivity index (χ4n) is 2.10. The van der Waals surface area contributed by atoms with Gasteiger partial charge in [-0.15, -0.1) is 0 Å². The first-order valence-electron chi connectivity index (χ1n) is 8.32. The molecule has 21 heavy (non-hydrogen) atoms. The molecule has 0 aromatic heterocycles. The van der Waals surface area contributed by atoms with Crippen LogP contribution in [0.4, 0.5) is 0 Å². The lowest BCUT2D eigenvalue weighted by Gasteiger charge is -2.25. The van der Waals surface area contributed by atoms with Gasteiger partial charge in [0.15, 0.2) is 0 Å². The van der Waals surface area contributed by atoms with Crippen LogP contribution in [0.1, 0.15) is 46.5 Å². The van der Waals surface area contributed by atoms with Crippen molar-refractivity contribution in [3.05, 3.63) is 0 Å². The van der Waals surface area contributed by atoms with Crippen LogP contribution in [0.25, 0.3) is 0 Å². The summed E-state index contributed by atoms with van der Waals surface area (Å²) in [7, 11) is -1.18. The molecule has 126 valence electrons. The number of rotatable bonds is 11. The van der Waals surface area contributed by atoms with Crippen LogP contribution in [0, 0.1) is 5.92 Å². The molecule has 0 fully saturated rings. The number of nitrogens with one attached hydrogen (secondary N) is 1. The molecule has 3 atom stereocenters. The molecule has 0 saturated heterocycles. The van der Waals surface area contributed by atoms with E-state index in [0.29, 0.717) is 13.0 Å². The molecule has 0 rings (SSSR count). The molecule has 0 unspecified atom stereocenters. The summed E-state index contributed by atoms with van der Waals surface area (Å²) < 4.78 is 5.40. The predicted molar refractivity (Wildman–Crippen MR) is 91.0 cm³/mol. The van der Waals surface area contributed by atoms with E-state index in [9.17, 15) is 9.90 Å². The number of hydrogen-bond donors (Lipinski definition) is 2. The van der Waals surface area contributed by atoms with Gasteiger partial charge in [-0.2, -0.15) is 0 Å². The van der Waals surface area contributed by atoms with Crippen LogP contribution in [0.2, 0.25) is 25.7 Å². The molecular formula is C16H35NO3Si. The summed E-state index contributed by atoms with van der Waals surface area (Å²) in [4.78, 5) is 12.2. The maximum Gasteiger partial charge on any atom is 0.323 e. The van der Waals surface area contributed by atoms with Gasteiger partial charge in [0.05, 0.1) is 6.61 Å². The van der Waals surface area contributed by atoms with Crippen LogP contribution < -0.4 is 5.32 Å². The number of esters is 1. The third kappa shape index (κ3) is 10.0. The minimum Gasteiger partial charge on any atom is -0.465 e. The first-order valence-corrected chi connectivity index (χ1v) is 12.0. The van der Waals surface area contributed by atoms with Crippen LogP contribution in [-0.4, -0.2) is 38.0 Å². The van der Waals surface area contributed by atoms with E-state index in [0.717, 1.165) is 25.3 Å². The van der Waals surface area contributed by atoms with E-state index in [1.54, 1.807) is 0 Å². The summed E-state index contributed by atoms with van der Waals surface area (Å²) in [5.74, 6) is -0.0815. The van der Waals surface area contributed by atoms with Crippen molar-refractivity contribution in [2.24, 2.45) is 5.92 Å². The quantitative estimate of drug-likeness (QED) is 0.348. The molecule has 5 heteroatoms. The van der Waals surface area contributed by atoms with Crippen molar-refractivity contribution in [2.45, 2.75) is 84.4 Å². The summed E-state index contributed by atoms with van der Waals surface area (Å²) in [5.41, 5.74) is 0. The Balaban J connectivity index is 4.35. The highest BCUT2D eigenvalue weighted by Crippen LogP contribution is 2.12. The average Bonchev–Trinajstić information content (AvgIpc) is 2.36. The molecule has 0 radical (unpaired) electrons. The van der Waals surface area contributed by atoms with Crippen LogP contribution >= 0.6 is 0 Å². The molecule has 0 aliphatic rings. The van der Waals surface area contributed by atoms with Crippen molar-refractivity contribution in [3.8, 4) is 0 Å². The lowest BCUT2D eigenvalue weighted by molar-refractivity contribution is -0.147. The molecule has 0 aromatic rings. The smallest absolute Gasteiger partial charge is 0.323 e. The number of carbonyl (C=O) groups excluding carboxylic acids is 1. The van der Waals surface area contributed by atoms with Gasteiger partial charge < -0.3 is 9.84 Å². The topological polar surface area (TPSA) is 58.6 Å². The molecule has 0 aromatic carbocycles. The minimum absolute atomic E-state index is 0.143. The van der Waals surface area contributed by atoms with Gasteiger partial charge in [-0.1, -0.05) is 53.3 Å². The zero-order valence-electron chi connectivity index (χ0n) is 14.7. The highest BCUT2D eigenvalue weighted by atomic mass is 28.3. The number of carbonyl (C=O) groups is 1. The SMILES string of the molecule is CCC[C@H](N[C@H](O)[C@@H](C)CCC)C(=O)OCC[Si](C)(C)C. The first kappa shape index (κ1) is 20.6. The molecule has 4 nitrogen and oxygen atoms in total. The molecule has 2 N–H and O–H groups in total. The second-order valence-electron chi connectivity index (χ2n) is 7.20. The van der Waals surface area contributed by atoms with E-state index >= 15 is 0 Å². The zero-order valence-corrected chi connectivity index (χ0v) is 15.7. The monoisotopic (exact) mass is 317 g/mol. The Bertz CT molecular complexity index is 292. The van der Waals surface area contributed by atoms with Crippen molar-refractivity contribution in [3.63, 3.8) is 0 Å². The maximum absolute atomic E-state index is 12.2. The molecular weight excluding hydrogens is 282 g/mol. The van der Waals surface area contributed by atoms with Crippen LogP contribution in [0.15, 0.2) is 0 Å². The largest absolute Gasteiger partial charge is 0.465 e. The van der Waals surface area contributed by atoms with Crippen LogP contribution in [0.3, 0.4) is 0 Å². The molecule has 0 bridgehead atoms. The van der Waals surface area contributed by atoms with Crippen molar-refractivity contribution >= 4 is 14.0 Å². The number of aliphatic hydroxyl groups excluding tert-OH is 1. The first-order chi connectivity index (χ1) is 9.71. The fraction of sp³-hybridized carbons (Fsp3) is 0.938. The molecule has 0 aliphatic carbocycles. The Morgan fingerprint density at radius 2 is 1.76 bits per heavy atom. The maximum atomic E-state index is 12.2. The predicted octanol–water partition coefficient (Wildman–Crippen LogP) is 3.38. The third-order valence-corrected chi connectivity index (χ3v) is 5.32. The summed E-state index contributed by atoms with van der Waals surface area (Å²) in [6, 6.07) is 0.581. The van der Waals surface area contributed by atoms with Crippen molar-refractivity contribution in [1.82, 2.24) is 5.32 Å². The van der Waals surface area contributed by atoms with Gasteiger partial charge in [0.25, 0.3) is 0 Å². The van der Waals surface area contributed by atoms with Crippen molar-refractivity contribution in [1.29, 1.82) is 0 Å². The Labute approximate surface area is 131 Å². The van der Waals surface area contributed by atoms with Crippen LogP contribution in [0.5, 0.6) is 0 Å². The second-order valence-corrected chi connectivity index (χ2v) is 12.8. The molecule has 0 aliphatic heterocycles. The van der Waals surface area contributed by atoms with Gasteiger partial charge in [0, 0.05) is 8.07 Å². The summed E-state index contributed by atoms with van der Waals surface area (Å²) in [6.07, 6.45) is 2.90. The molecule has 0 saturated carbocycles. The van der Waals surface area contributed by atoms with Crippen LogP contribution in [-0.2, 0) is 9.53 Å². The summed E-state index contributed by atoms with van der Waals surface area (Å²) >= 11 is 0. The van der Waals surface area contributed by atoms with E-state index in [2.05, 4.69) is 31.9 Å². The molecule has 0 amide bonds. The Hall–Kier alpha value is -0.393. The van der Waals surface area contributed by atoms with Gasteiger partial charge >= 0.3 is 5.97 Å². The third-order valence-electron chi connectivity index (χ3n) is 3.61.